The first kappa shape index (κ1) is 21.8. The van der Waals surface area contributed by atoms with E-state index in [2.05, 4.69) is 4.98 Å². The van der Waals surface area contributed by atoms with Gasteiger partial charge in [-0.15, -0.1) is 0 Å². The van der Waals surface area contributed by atoms with Crippen molar-refractivity contribution in [3.63, 3.8) is 0 Å². The lowest BCUT2D eigenvalue weighted by atomic mass is 10.2. The van der Waals surface area contributed by atoms with E-state index in [0.29, 0.717) is 15.0 Å². The molecule has 0 aliphatic rings. The second-order valence-corrected chi connectivity index (χ2v) is 9.66. The fourth-order valence-electron chi connectivity index (χ4n) is 2.67. The van der Waals surface area contributed by atoms with Crippen LogP contribution in [0.25, 0.3) is 10.9 Å². The number of anilines is 1. The molecule has 0 spiro atoms. The van der Waals surface area contributed by atoms with E-state index in [9.17, 15) is 23.0 Å². The Bertz CT molecular complexity index is 1160. The van der Waals surface area contributed by atoms with Crippen molar-refractivity contribution in [2.45, 2.75) is 11.8 Å². The van der Waals surface area contributed by atoms with Crippen LogP contribution in [0.3, 0.4) is 0 Å². The van der Waals surface area contributed by atoms with Crippen molar-refractivity contribution in [2.24, 2.45) is 0 Å². The third-order valence-corrected chi connectivity index (χ3v) is 7.42. The predicted molar refractivity (Wildman–Crippen MR) is 112 cm³/mol. The highest BCUT2D eigenvalue weighted by Gasteiger charge is 2.32. The summed E-state index contributed by atoms with van der Waals surface area (Å²) < 4.78 is 31.5. The first-order valence-electron chi connectivity index (χ1n) is 8.12. The molecule has 0 unspecified atom stereocenters. The fraction of sp³-hybridized carbons (Fsp3) is 0.118. The van der Waals surface area contributed by atoms with E-state index in [1.807, 2.05) is 0 Å². The largest absolute Gasteiger partial charge is 0.461 e. The average molecular weight is 477 g/mol. The SMILES string of the molecule is CCOC(=O)c1cc2cc(N(P(O)O)S(=O)(=O)c3cc(Cl)cc(Cl)c3)ccc2[nH]1. The summed E-state index contributed by atoms with van der Waals surface area (Å²) in [6.45, 7) is 1.88. The Morgan fingerprint density at radius 3 is 2.38 bits per heavy atom. The van der Waals surface area contributed by atoms with Crippen molar-refractivity contribution < 1.29 is 27.7 Å². The van der Waals surface area contributed by atoms with E-state index < -0.39 is 24.5 Å². The number of aromatic amines is 1. The molecule has 0 saturated heterocycles. The first-order chi connectivity index (χ1) is 13.6. The minimum absolute atomic E-state index is 0.0147. The molecule has 3 rings (SSSR count). The van der Waals surface area contributed by atoms with Crippen LogP contribution in [-0.2, 0) is 14.8 Å². The van der Waals surface area contributed by atoms with E-state index in [4.69, 9.17) is 27.9 Å². The van der Waals surface area contributed by atoms with Gasteiger partial charge in [0, 0.05) is 20.9 Å². The minimum atomic E-state index is -4.39. The molecule has 8 nitrogen and oxygen atoms in total. The lowest BCUT2D eigenvalue weighted by molar-refractivity contribution is 0.0520. The minimum Gasteiger partial charge on any atom is -0.461 e. The molecular formula is C17H15Cl2N2O6PS. The van der Waals surface area contributed by atoms with Gasteiger partial charge in [0.1, 0.15) is 5.69 Å². The quantitative estimate of drug-likeness (QED) is 0.364. The summed E-state index contributed by atoms with van der Waals surface area (Å²) in [5, 5.41) is 0.638. The number of carbonyl (C=O) groups is 1. The number of rotatable bonds is 6. The summed E-state index contributed by atoms with van der Waals surface area (Å²) >= 11 is 11.8. The Morgan fingerprint density at radius 1 is 1.14 bits per heavy atom. The number of benzene rings is 2. The molecule has 0 bridgehead atoms. The number of ether oxygens (including phenoxy) is 1. The zero-order chi connectivity index (χ0) is 21.3. The van der Waals surface area contributed by atoms with Crippen molar-refractivity contribution in [1.29, 1.82) is 0 Å². The molecule has 0 radical (unpaired) electrons. The predicted octanol–water partition coefficient (Wildman–Crippen LogP) is 4.06. The topological polar surface area (TPSA) is 120 Å². The zero-order valence-corrected chi connectivity index (χ0v) is 18.1. The van der Waals surface area contributed by atoms with Crippen molar-refractivity contribution in [3.8, 4) is 0 Å². The fourth-order valence-corrected chi connectivity index (χ4v) is 5.85. The van der Waals surface area contributed by atoms with E-state index in [1.165, 1.54) is 30.3 Å². The van der Waals surface area contributed by atoms with Gasteiger partial charge in [0.25, 0.3) is 18.5 Å². The molecule has 0 saturated carbocycles. The van der Waals surface area contributed by atoms with Gasteiger partial charge in [-0.1, -0.05) is 23.2 Å². The van der Waals surface area contributed by atoms with Crippen LogP contribution in [-0.4, -0.2) is 35.8 Å². The molecule has 12 heteroatoms. The van der Waals surface area contributed by atoms with Crippen molar-refractivity contribution in [1.82, 2.24) is 4.98 Å². The summed E-state index contributed by atoms with van der Waals surface area (Å²) in [5.41, 5.74) is 0.713. The highest BCUT2D eigenvalue weighted by molar-refractivity contribution is 7.98. The number of esters is 1. The number of aromatic nitrogens is 1. The summed E-state index contributed by atoms with van der Waals surface area (Å²) in [6.07, 6.45) is 0. The monoisotopic (exact) mass is 476 g/mol. The summed E-state index contributed by atoms with van der Waals surface area (Å²) in [4.78, 5) is 34.2. The third kappa shape index (κ3) is 4.50. The van der Waals surface area contributed by atoms with E-state index in [-0.39, 0.29) is 32.9 Å². The molecule has 2 aromatic carbocycles. The maximum absolute atomic E-state index is 13.0. The van der Waals surface area contributed by atoms with Crippen LogP contribution in [0.2, 0.25) is 10.0 Å². The summed E-state index contributed by atoms with van der Waals surface area (Å²) in [5.74, 6) is -0.560. The molecule has 1 heterocycles. The van der Waals surface area contributed by atoms with E-state index in [1.54, 1.807) is 6.92 Å². The second-order valence-electron chi connectivity index (χ2n) is 5.80. The standard InChI is InChI=1S/C17H15Cl2N2O6PS/c1-2-27-17(22)16-6-10-5-13(3-4-15(10)20-16)21(28(23)24)29(25,26)14-8-11(18)7-12(19)9-14/h3-9,20,23-24H,2H2,1H3. The maximum atomic E-state index is 13.0. The second kappa shape index (κ2) is 8.47. The van der Waals surface area contributed by atoms with Crippen LogP contribution in [0.1, 0.15) is 17.4 Å². The van der Waals surface area contributed by atoms with Gasteiger partial charge in [0.15, 0.2) is 0 Å². The Hall–Kier alpha value is -1.87. The van der Waals surface area contributed by atoms with Gasteiger partial charge >= 0.3 is 5.97 Å². The molecule has 3 aromatic rings. The van der Waals surface area contributed by atoms with Crippen LogP contribution >= 0.6 is 31.7 Å². The molecule has 29 heavy (non-hydrogen) atoms. The highest BCUT2D eigenvalue weighted by atomic mass is 35.5. The van der Waals surface area contributed by atoms with Crippen LogP contribution < -0.4 is 4.08 Å². The van der Waals surface area contributed by atoms with Gasteiger partial charge < -0.3 is 19.5 Å². The Morgan fingerprint density at radius 2 is 1.79 bits per heavy atom. The third-order valence-electron chi connectivity index (χ3n) is 3.84. The zero-order valence-electron chi connectivity index (χ0n) is 14.8. The van der Waals surface area contributed by atoms with Gasteiger partial charge in [-0.05, 0) is 49.4 Å². The number of fused-ring (bicyclic) bond motifs is 1. The molecule has 0 aliphatic carbocycles. The van der Waals surface area contributed by atoms with Crippen LogP contribution in [0.4, 0.5) is 5.69 Å². The normalized spacial score (nSPS) is 11.8. The maximum Gasteiger partial charge on any atom is 0.354 e. The molecule has 0 atom stereocenters. The number of halogens is 2. The van der Waals surface area contributed by atoms with Gasteiger partial charge in [-0.2, -0.15) is 4.08 Å². The van der Waals surface area contributed by atoms with Crippen molar-refractivity contribution in [3.05, 3.63) is 58.2 Å². The van der Waals surface area contributed by atoms with Gasteiger partial charge in [0.2, 0.25) is 0 Å². The van der Waals surface area contributed by atoms with Crippen molar-refractivity contribution >= 4 is 64.3 Å². The van der Waals surface area contributed by atoms with Crippen LogP contribution in [0.5, 0.6) is 0 Å². The number of carbonyl (C=O) groups excluding carboxylic acids is 1. The van der Waals surface area contributed by atoms with Crippen LogP contribution in [0, 0.1) is 0 Å². The van der Waals surface area contributed by atoms with E-state index in [0.717, 1.165) is 12.1 Å². The van der Waals surface area contributed by atoms with Crippen molar-refractivity contribution in [2.75, 3.05) is 10.7 Å². The number of hydrogen-bond donors (Lipinski definition) is 3. The summed E-state index contributed by atoms with van der Waals surface area (Å²) in [7, 11) is -7.47. The Labute approximate surface area is 177 Å². The lowest BCUT2D eigenvalue weighted by Gasteiger charge is -2.24. The molecule has 154 valence electrons. The highest BCUT2D eigenvalue weighted by Crippen LogP contribution is 2.42. The molecule has 1 aromatic heterocycles. The smallest absolute Gasteiger partial charge is 0.354 e. The Kier molecular flexibility index (Phi) is 6.38. The molecular weight excluding hydrogens is 462 g/mol. The first-order valence-corrected chi connectivity index (χ1v) is 11.5. The number of hydrogen-bond acceptors (Lipinski definition) is 6. The van der Waals surface area contributed by atoms with Gasteiger partial charge in [0.05, 0.1) is 17.2 Å². The molecule has 3 N–H and O–H groups in total. The molecule has 0 aliphatic heterocycles. The lowest BCUT2D eigenvalue weighted by Crippen LogP contribution is -2.26. The average Bonchev–Trinajstić information content (AvgIpc) is 3.04. The number of nitrogens with one attached hydrogen (secondary N) is 1. The number of nitrogens with zero attached hydrogens (tertiary/aromatic N) is 1. The summed E-state index contributed by atoms with van der Waals surface area (Å²) in [6, 6.07) is 9.44. The van der Waals surface area contributed by atoms with Gasteiger partial charge in [-0.25, -0.2) is 13.2 Å². The number of H-pyrrole nitrogens is 1. The molecule has 0 amide bonds. The molecule has 0 fully saturated rings. The Balaban J connectivity index is 2.09. The van der Waals surface area contributed by atoms with E-state index >= 15 is 0 Å². The van der Waals surface area contributed by atoms with Crippen LogP contribution in [0.15, 0.2) is 47.4 Å². The number of sulfonamides is 1. The van der Waals surface area contributed by atoms with Gasteiger partial charge in [-0.3, -0.25) is 0 Å².